The molecule has 1 unspecified atom stereocenters. The lowest BCUT2D eigenvalue weighted by atomic mass is 9.69. The number of rotatable bonds is 4. The van der Waals surface area contributed by atoms with Gasteiger partial charge in [-0.25, -0.2) is 0 Å². The molecule has 0 saturated heterocycles. The highest BCUT2D eigenvalue weighted by atomic mass is 35.5. The van der Waals surface area contributed by atoms with Crippen molar-refractivity contribution in [3.8, 4) is 0 Å². The number of allylic oxidation sites excluding steroid dienone is 2. The van der Waals surface area contributed by atoms with Crippen molar-refractivity contribution in [2.24, 2.45) is 10.9 Å². The Kier molecular flexibility index (Phi) is 6.97. The Labute approximate surface area is 223 Å². The summed E-state index contributed by atoms with van der Waals surface area (Å²) in [5.41, 5.74) is 2.33. The van der Waals surface area contributed by atoms with E-state index in [0.29, 0.717) is 34.0 Å². The van der Waals surface area contributed by atoms with Crippen LogP contribution in [0.5, 0.6) is 0 Å². The van der Waals surface area contributed by atoms with Gasteiger partial charge in [-0.2, -0.15) is 13.2 Å². The summed E-state index contributed by atoms with van der Waals surface area (Å²) in [7, 11) is 0. The minimum absolute atomic E-state index is 0.00872. The average Bonchev–Trinajstić information content (AvgIpc) is 2.88. The van der Waals surface area contributed by atoms with Gasteiger partial charge in [-0.1, -0.05) is 66.2 Å². The number of benzene rings is 3. The predicted molar refractivity (Wildman–Crippen MR) is 141 cm³/mol. The monoisotopic (exact) mass is 536 g/mol. The number of anilines is 1. The van der Waals surface area contributed by atoms with E-state index in [1.165, 1.54) is 12.1 Å². The lowest BCUT2D eigenvalue weighted by Gasteiger charge is -2.37. The SMILES string of the molecule is CC1=NC2=C(C(=O)C[C@@H](c3ccccc3)C2)[C@@H](c2ccccc2Cl)C1C(=O)Nc1cccc(C(F)(F)F)c1. The lowest BCUT2D eigenvalue weighted by Crippen LogP contribution is -2.40. The number of carbonyl (C=O) groups is 2. The van der Waals surface area contributed by atoms with Crippen molar-refractivity contribution in [3.63, 3.8) is 0 Å². The van der Waals surface area contributed by atoms with E-state index in [0.717, 1.165) is 17.7 Å². The summed E-state index contributed by atoms with van der Waals surface area (Å²) < 4.78 is 39.7. The molecule has 3 aromatic carbocycles. The Morgan fingerprint density at radius 1 is 0.974 bits per heavy atom. The number of amides is 1. The van der Waals surface area contributed by atoms with E-state index in [1.807, 2.05) is 30.3 Å². The van der Waals surface area contributed by atoms with Gasteiger partial charge in [0.1, 0.15) is 0 Å². The molecule has 0 saturated carbocycles. The Morgan fingerprint density at radius 2 is 1.68 bits per heavy atom. The molecule has 1 N–H and O–H groups in total. The van der Waals surface area contributed by atoms with E-state index < -0.39 is 29.5 Å². The maximum Gasteiger partial charge on any atom is 0.416 e. The summed E-state index contributed by atoms with van der Waals surface area (Å²) in [6.45, 7) is 1.71. The summed E-state index contributed by atoms with van der Waals surface area (Å²) in [4.78, 5) is 32.0. The van der Waals surface area contributed by atoms with Crippen molar-refractivity contribution >= 4 is 34.7 Å². The molecule has 3 aromatic rings. The Balaban J connectivity index is 1.55. The van der Waals surface area contributed by atoms with Gasteiger partial charge >= 0.3 is 6.18 Å². The number of halogens is 4. The third-order valence-corrected chi connectivity index (χ3v) is 7.48. The van der Waals surface area contributed by atoms with Gasteiger partial charge in [0.2, 0.25) is 5.91 Å². The summed E-state index contributed by atoms with van der Waals surface area (Å²) >= 11 is 6.58. The molecule has 1 heterocycles. The summed E-state index contributed by atoms with van der Waals surface area (Å²) in [6, 6.07) is 21.2. The fourth-order valence-electron chi connectivity index (χ4n) is 5.42. The van der Waals surface area contributed by atoms with E-state index in [4.69, 9.17) is 16.6 Å². The first kappa shape index (κ1) is 25.9. The van der Waals surface area contributed by atoms with Crippen LogP contribution in [0.15, 0.2) is 95.1 Å². The molecule has 5 rings (SSSR count). The highest BCUT2D eigenvalue weighted by Gasteiger charge is 2.44. The average molecular weight is 537 g/mol. The van der Waals surface area contributed by atoms with E-state index in [9.17, 15) is 22.8 Å². The smallest absolute Gasteiger partial charge is 0.325 e. The molecular formula is C30H24ClF3N2O2. The fourth-order valence-corrected chi connectivity index (χ4v) is 5.67. The molecule has 0 bridgehead atoms. The first-order valence-electron chi connectivity index (χ1n) is 12.2. The van der Waals surface area contributed by atoms with Gasteiger partial charge in [-0.3, -0.25) is 14.6 Å². The topological polar surface area (TPSA) is 58.5 Å². The zero-order valence-electron chi connectivity index (χ0n) is 20.4. The van der Waals surface area contributed by atoms with Gasteiger partial charge in [0.05, 0.1) is 11.5 Å². The standard InChI is InChI=1S/C30H24ClF3N2O2/c1-17-26(29(38)36-21-11-7-10-20(16-21)30(32,33)34)27(22-12-5-6-13-23(22)31)28-24(35-17)14-19(15-25(28)37)18-8-3-2-4-9-18/h2-13,16,19,26-27H,14-15H2,1H3,(H,36,38)/t19-,26?,27-/m0/s1. The number of alkyl halides is 3. The quantitative estimate of drug-likeness (QED) is 0.374. The predicted octanol–water partition coefficient (Wildman–Crippen LogP) is 7.57. The molecule has 2 aliphatic rings. The van der Waals surface area contributed by atoms with Crippen LogP contribution >= 0.6 is 11.6 Å². The number of aliphatic imine (C=N–C) groups is 1. The number of carbonyl (C=O) groups excluding carboxylic acids is 2. The van der Waals surface area contributed by atoms with E-state index >= 15 is 0 Å². The molecule has 0 spiro atoms. The second kappa shape index (κ2) is 10.2. The van der Waals surface area contributed by atoms with Crippen LogP contribution in [0.25, 0.3) is 0 Å². The third-order valence-electron chi connectivity index (χ3n) is 7.14. The number of Topliss-reactive ketones (excluding diaryl/α,β-unsaturated/α-hetero) is 1. The maximum atomic E-state index is 13.7. The Hall–Kier alpha value is -3.71. The molecule has 0 radical (unpaired) electrons. The highest BCUT2D eigenvalue weighted by molar-refractivity contribution is 6.31. The van der Waals surface area contributed by atoms with E-state index in [-0.39, 0.29) is 23.8 Å². The molecule has 8 heteroatoms. The van der Waals surface area contributed by atoms with Crippen LogP contribution < -0.4 is 5.32 Å². The minimum atomic E-state index is -4.55. The fraction of sp³-hybridized carbons (Fsp3) is 0.233. The number of hydrogen-bond donors (Lipinski definition) is 1. The lowest BCUT2D eigenvalue weighted by molar-refractivity contribution is -0.137. The zero-order chi connectivity index (χ0) is 27.0. The molecule has 1 aliphatic carbocycles. The summed E-state index contributed by atoms with van der Waals surface area (Å²) in [6.07, 6.45) is -3.75. The molecule has 0 aromatic heterocycles. The number of ketones is 1. The minimum Gasteiger partial charge on any atom is -0.325 e. The Morgan fingerprint density at radius 3 is 2.39 bits per heavy atom. The number of hydrogen-bond acceptors (Lipinski definition) is 3. The van der Waals surface area contributed by atoms with Crippen molar-refractivity contribution in [2.75, 3.05) is 5.32 Å². The van der Waals surface area contributed by atoms with Gasteiger partial charge in [0, 0.05) is 40.0 Å². The highest BCUT2D eigenvalue weighted by Crippen LogP contribution is 2.48. The molecule has 3 atom stereocenters. The van der Waals surface area contributed by atoms with Crippen LogP contribution in [-0.2, 0) is 15.8 Å². The normalized spacial score (nSPS) is 21.6. The number of nitrogens with one attached hydrogen (secondary N) is 1. The van der Waals surface area contributed by atoms with Crippen molar-refractivity contribution in [3.05, 3.63) is 112 Å². The van der Waals surface area contributed by atoms with Gasteiger partial charge in [0.15, 0.2) is 5.78 Å². The molecule has 1 amide bonds. The second-order valence-electron chi connectivity index (χ2n) is 9.60. The molecule has 1 aliphatic heterocycles. The maximum absolute atomic E-state index is 13.7. The van der Waals surface area contributed by atoms with Crippen LogP contribution in [0, 0.1) is 5.92 Å². The zero-order valence-corrected chi connectivity index (χ0v) is 21.2. The molecule has 4 nitrogen and oxygen atoms in total. The largest absolute Gasteiger partial charge is 0.416 e. The van der Waals surface area contributed by atoms with Crippen LogP contribution in [0.1, 0.15) is 48.3 Å². The summed E-state index contributed by atoms with van der Waals surface area (Å²) in [5, 5.41) is 3.02. The van der Waals surface area contributed by atoms with Gasteiger partial charge in [-0.15, -0.1) is 0 Å². The van der Waals surface area contributed by atoms with Crippen LogP contribution in [0.2, 0.25) is 5.02 Å². The molecule has 0 fully saturated rings. The van der Waals surface area contributed by atoms with Gasteiger partial charge in [-0.05, 0) is 54.7 Å². The molecule has 38 heavy (non-hydrogen) atoms. The van der Waals surface area contributed by atoms with Gasteiger partial charge in [0.25, 0.3) is 0 Å². The Bertz CT molecular complexity index is 1460. The van der Waals surface area contributed by atoms with E-state index in [2.05, 4.69) is 5.32 Å². The van der Waals surface area contributed by atoms with Crippen molar-refractivity contribution in [1.29, 1.82) is 0 Å². The van der Waals surface area contributed by atoms with Gasteiger partial charge < -0.3 is 5.32 Å². The molecular weight excluding hydrogens is 513 g/mol. The first-order valence-corrected chi connectivity index (χ1v) is 12.6. The van der Waals surface area contributed by atoms with E-state index in [1.54, 1.807) is 31.2 Å². The third kappa shape index (κ3) is 5.03. The molecule has 194 valence electrons. The van der Waals surface area contributed by atoms with Crippen LogP contribution in [0.3, 0.4) is 0 Å². The van der Waals surface area contributed by atoms with Crippen LogP contribution in [0.4, 0.5) is 18.9 Å². The van der Waals surface area contributed by atoms with Crippen molar-refractivity contribution in [2.45, 2.75) is 37.8 Å². The summed E-state index contributed by atoms with van der Waals surface area (Å²) in [5.74, 6) is -2.36. The number of nitrogens with zero attached hydrogens (tertiary/aromatic N) is 1. The van der Waals surface area contributed by atoms with Crippen LogP contribution in [-0.4, -0.2) is 17.4 Å². The first-order chi connectivity index (χ1) is 18.1. The van der Waals surface area contributed by atoms with Crippen molar-refractivity contribution in [1.82, 2.24) is 0 Å². The van der Waals surface area contributed by atoms with Crippen molar-refractivity contribution < 1.29 is 22.8 Å². The second-order valence-corrected chi connectivity index (χ2v) is 10.0.